The Morgan fingerprint density at radius 2 is 1.56 bits per heavy atom. The first-order valence-corrected chi connectivity index (χ1v) is 13.0. The molecule has 0 unspecified atom stereocenters. The van der Waals surface area contributed by atoms with Crippen LogP contribution >= 0.6 is 12.2 Å². The molecule has 1 atom stereocenters. The van der Waals surface area contributed by atoms with E-state index in [0.29, 0.717) is 16.2 Å². The zero-order valence-corrected chi connectivity index (χ0v) is 22.6. The fourth-order valence-corrected chi connectivity index (χ4v) is 4.62. The van der Waals surface area contributed by atoms with Gasteiger partial charge in [-0.1, -0.05) is 103 Å². The molecule has 1 aromatic heterocycles. The molecule has 0 bridgehead atoms. The zero-order chi connectivity index (χ0) is 27.2. The van der Waals surface area contributed by atoms with Gasteiger partial charge in [-0.05, 0) is 42.4 Å². The highest BCUT2D eigenvalue weighted by Gasteiger charge is 2.24. The SMILES string of the molecule is COc1ccc([C@@H](CC(=O)c2ccccc2)n2nc(-c3ccc(C)cc3)n(/N=C/c3ccccc3)c2=S)cc1. The molecule has 0 aliphatic heterocycles. The maximum absolute atomic E-state index is 13.4. The van der Waals surface area contributed by atoms with Gasteiger partial charge >= 0.3 is 0 Å². The maximum atomic E-state index is 13.4. The first kappa shape index (κ1) is 26.0. The molecule has 6 nitrogen and oxygen atoms in total. The Morgan fingerprint density at radius 3 is 2.21 bits per heavy atom. The van der Waals surface area contributed by atoms with Crippen LogP contribution in [0.1, 0.15) is 39.5 Å². The smallest absolute Gasteiger partial charge is 0.220 e. The summed E-state index contributed by atoms with van der Waals surface area (Å²) in [4.78, 5) is 13.4. The van der Waals surface area contributed by atoms with Crippen LogP contribution in [0.15, 0.2) is 114 Å². The van der Waals surface area contributed by atoms with Crippen LogP contribution in [0.2, 0.25) is 0 Å². The summed E-state index contributed by atoms with van der Waals surface area (Å²) >= 11 is 5.96. The van der Waals surface area contributed by atoms with Crippen molar-refractivity contribution >= 4 is 24.2 Å². The number of hydrogen-bond acceptors (Lipinski definition) is 5. The van der Waals surface area contributed by atoms with Crippen molar-refractivity contribution in [2.24, 2.45) is 5.10 Å². The largest absolute Gasteiger partial charge is 0.497 e. The van der Waals surface area contributed by atoms with E-state index in [1.54, 1.807) is 22.7 Å². The van der Waals surface area contributed by atoms with Gasteiger partial charge in [0.15, 0.2) is 11.6 Å². The lowest BCUT2D eigenvalue weighted by Crippen LogP contribution is -2.17. The molecule has 0 fully saturated rings. The molecule has 194 valence electrons. The lowest BCUT2D eigenvalue weighted by Gasteiger charge is -2.17. The van der Waals surface area contributed by atoms with E-state index in [0.717, 1.165) is 28.0 Å². The van der Waals surface area contributed by atoms with Gasteiger partial charge in [0, 0.05) is 17.5 Å². The van der Waals surface area contributed by atoms with Crippen molar-refractivity contribution in [3.05, 3.63) is 136 Å². The molecule has 1 heterocycles. The molecule has 0 saturated heterocycles. The van der Waals surface area contributed by atoms with Crippen molar-refractivity contribution in [1.82, 2.24) is 14.5 Å². The van der Waals surface area contributed by atoms with Crippen LogP contribution < -0.4 is 4.74 Å². The molecule has 7 heteroatoms. The van der Waals surface area contributed by atoms with Gasteiger partial charge in [-0.25, -0.2) is 4.68 Å². The molecule has 5 rings (SSSR count). The van der Waals surface area contributed by atoms with E-state index in [-0.39, 0.29) is 12.2 Å². The average Bonchev–Trinajstić information content (AvgIpc) is 3.31. The average molecular weight is 533 g/mol. The summed E-state index contributed by atoms with van der Waals surface area (Å²) in [7, 11) is 1.63. The highest BCUT2D eigenvalue weighted by Crippen LogP contribution is 2.29. The molecule has 0 N–H and O–H groups in total. The normalized spacial score (nSPS) is 11.9. The van der Waals surface area contributed by atoms with Gasteiger partial charge < -0.3 is 4.74 Å². The van der Waals surface area contributed by atoms with Crippen LogP contribution in [0.5, 0.6) is 5.75 Å². The fourth-order valence-electron chi connectivity index (χ4n) is 4.32. The Bertz CT molecular complexity index is 1640. The zero-order valence-electron chi connectivity index (χ0n) is 21.8. The van der Waals surface area contributed by atoms with E-state index >= 15 is 0 Å². The minimum absolute atomic E-state index is 0.00228. The third-order valence-corrected chi connectivity index (χ3v) is 6.84. The van der Waals surface area contributed by atoms with Crippen molar-refractivity contribution in [3.63, 3.8) is 0 Å². The third kappa shape index (κ3) is 5.94. The van der Waals surface area contributed by atoms with E-state index in [1.807, 2.05) is 116 Å². The van der Waals surface area contributed by atoms with E-state index in [1.165, 1.54) is 0 Å². The van der Waals surface area contributed by atoms with Gasteiger partial charge in [0.2, 0.25) is 4.77 Å². The number of ether oxygens (including phenoxy) is 1. The number of Topliss-reactive ketones (excluding diaryl/α,β-unsaturated/α-hetero) is 1. The van der Waals surface area contributed by atoms with Crippen molar-refractivity contribution in [3.8, 4) is 17.1 Å². The lowest BCUT2D eigenvalue weighted by molar-refractivity contribution is 0.0967. The van der Waals surface area contributed by atoms with E-state index in [4.69, 9.17) is 27.2 Å². The molecule has 0 aliphatic rings. The second-order valence-electron chi connectivity index (χ2n) is 9.17. The van der Waals surface area contributed by atoms with Gasteiger partial charge in [-0.15, -0.1) is 5.10 Å². The molecular weight excluding hydrogens is 504 g/mol. The van der Waals surface area contributed by atoms with Crippen molar-refractivity contribution < 1.29 is 9.53 Å². The van der Waals surface area contributed by atoms with Crippen LogP contribution in [0, 0.1) is 11.7 Å². The topological polar surface area (TPSA) is 61.4 Å². The highest BCUT2D eigenvalue weighted by molar-refractivity contribution is 7.71. The van der Waals surface area contributed by atoms with Gasteiger partial charge in [0.05, 0.1) is 19.4 Å². The Kier molecular flexibility index (Phi) is 7.89. The second-order valence-corrected chi connectivity index (χ2v) is 9.53. The minimum atomic E-state index is -0.450. The summed E-state index contributed by atoms with van der Waals surface area (Å²) in [5.74, 6) is 1.32. The fraction of sp³-hybridized carbons (Fsp3) is 0.125. The number of nitrogens with zero attached hydrogens (tertiary/aromatic N) is 4. The number of aryl methyl sites for hydroxylation is 1. The van der Waals surface area contributed by atoms with Gasteiger partial charge in [-0.2, -0.15) is 9.78 Å². The second kappa shape index (κ2) is 11.8. The third-order valence-electron chi connectivity index (χ3n) is 6.48. The van der Waals surface area contributed by atoms with E-state index < -0.39 is 6.04 Å². The standard InChI is InChI=1S/C32H28N4O2S/c1-23-13-15-27(16-14-23)31-34-35(32(39)36(31)33-22-24-9-5-3-6-10-24)29(25-17-19-28(38-2)20-18-25)21-30(37)26-11-7-4-8-12-26/h3-20,22,29H,21H2,1-2H3/b33-22+/t29-/m1/s1. The van der Waals surface area contributed by atoms with Crippen molar-refractivity contribution in [2.45, 2.75) is 19.4 Å². The summed E-state index contributed by atoms with van der Waals surface area (Å²) in [6, 6.07) is 34.4. The van der Waals surface area contributed by atoms with Crippen molar-refractivity contribution in [2.75, 3.05) is 7.11 Å². The van der Waals surface area contributed by atoms with E-state index in [2.05, 4.69) is 0 Å². The Hall–Kier alpha value is -4.62. The Balaban J connectivity index is 1.64. The van der Waals surface area contributed by atoms with Gasteiger partial charge in [0.25, 0.3) is 0 Å². The van der Waals surface area contributed by atoms with Crippen LogP contribution in [0.4, 0.5) is 0 Å². The summed E-state index contributed by atoms with van der Waals surface area (Å²) in [5.41, 5.74) is 4.48. The molecule has 0 saturated carbocycles. The summed E-state index contributed by atoms with van der Waals surface area (Å²) in [5, 5.41) is 9.70. The molecule has 5 aromatic rings. The Morgan fingerprint density at radius 1 is 0.923 bits per heavy atom. The predicted octanol–water partition coefficient (Wildman–Crippen LogP) is 7.14. The summed E-state index contributed by atoms with van der Waals surface area (Å²) in [6.45, 7) is 2.04. The number of methoxy groups -OCH3 is 1. The highest BCUT2D eigenvalue weighted by atomic mass is 32.1. The minimum Gasteiger partial charge on any atom is -0.497 e. The van der Waals surface area contributed by atoms with Crippen molar-refractivity contribution in [1.29, 1.82) is 0 Å². The number of hydrogen-bond donors (Lipinski definition) is 0. The number of carbonyl (C=O) groups excluding carboxylic acids is 1. The maximum Gasteiger partial charge on any atom is 0.220 e. The van der Waals surface area contributed by atoms with Crippen LogP contribution in [0.3, 0.4) is 0 Å². The first-order chi connectivity index (χ1) is 19.0. The molecule has 0 aliphatic carbocycles. The predicted molar refractivity (Wildman–Crippen MR) is 157 cm³/mol. The number of aromatic nitrogens is 3. The number of ketones is 1. The molecule has 39 heavy (non-hydrogen) atoms. The molecule has 0 amide bonds. The van der Waals surface area contributed by atoms with Gasteiger partial charge in [0.1, 0.15) is 5.75 Å². The molecule has 0 spiro atoms. The van der Waals surface area contributed by atoms with Crippen LogP contribution in [0.25, 0.3) is 11.4 Å². The summed E-state index contributed by atoms with van der Waals surface area (Å²) < 4.78 is 9.14. The molecule has 4 aromatic carbocycles. The van der Waals surface area contributed by atoms with Gasteiger partial charge in [-0.3, -0.25) is 4.79 Å². The lowest BCUT2D eigenvalue weighted by atomic mass is 9.98. The first-order valence-electron chi connectivity index (χ1n) is 12.6. The van der Waals surface area contributed by atoms with Crippen LogP contribution in [-0.2, 0) is 0 Å². The Labute approximate surface area is 232 Å². The molecule has 0 radical (unpaired) electrons. The molecular formula is C32H28N4O2S. The quantitative estimate of drug-likeness (QED) is 0.115. The number of rotatable bonds is 9. The monoisotopic (exact) mass is 532 g/mol. The summed E-state index contributed by atoms with van der Waals surface area (Å²) in [6.07, 6.45) is 1.94. The van der Waals surface area contributed by atoms with E-state index in [9.17, 15) is 4.79 Å². The number of benzene rings is 4. The van der Waals surface area contributed by atoms with Crippen LogP contribution in [-0.4, -0.2) is 33.6 Å². The number of carbonyl (C=O) groups is 1.